The summed E-state index contributed by atoms with van der Waals surface area (Å²) < 4.78 is 105. The Kier molecular flexibility index (Phi) is 7.99. The molecular formula is C7H14O17S3. The maximum Gasteiger partial charge on any atom is 0.397 e. The van der Waals surface area contributed by atoms with Crippen LogP contribution in [0.2, 0.25) is 0 Å². The molecule has 0 aromatic carbocycles. The van der Waals surface area contributed by atoms with E-state index in [1.54, 1.807) is 0 Å². The van der Waals surface area contributed by atoms with Gasteiger partial charge in [-0.1, -0.05) is 12.0 Å². The lowest BCUT2D eigenvalue weighted by Crippen LogP contribution is -2.64. The Bertz CT molecular complexity index is 799. The Morgan fingerprint density at radius 1 is 0.630 bits per heavy atom. The van der Waals surface area contributed by atoms with Crippen molar-refractivity contribution >= 4 is 31.2 Å². The highest BCUT2D eigenvalue weighted by Gasteiger charge is 2.57. The maximum absolute atomic E-state index is 11.0. The Balaban J connectivity index is 3.51. The van der Waals surface area contributed by atoms with E-state index in [0.29, 0.717) is 0 Å². The molecule has 162 valence electrons. The van der Waals surface area contributed by atoms with Crippen LogP contribution < -0.4 is 0 Å². The van der Waals surface area contributed by atoms with Gasteiger partial charge in [-0.25, -0.2) is 22.7 Å². The molecule has 1 aliphatic rings. The van der Waals surface area contributed by atoms with Crippen LogP contribution in [0.4, 0.5) is 0 Å². The molecule has 27 heavy (non-hydrogen) atoms. The van der Waals surface area contributed by atoms with E-state index in [-0.39, 0.29) is 0 Å². The van der Waals surface area contributed by atoms with Crippen molar-refractivity contribution in [1.82, 2.24) is 0 Å². The van der Waals surface area contributed by atoms with Crippen LogP contribution in [0.1, 0.15) is 6.92 Å². The predicted octanol–water partition coefficient (Wildman–Crippen LogP) is -2.15. The zero-order valence-electron chi connectivity index (χ0n) is 12.8. The quantitative estimate of drug-likeness (QED) is 0.138. The van der Waals surface area contributed by atoms with Gasteiger partial charge in [0.05, 0.1) is 0 Å². The molecule has 17 nitrogen and oxygen atoms in total. The molecule has 0 aliphatic heterocycles. The fourth-order valence-corrected chi connectivity index (χ4v) is 4.07. The first kappa shape index (κ1) is 24.4. The zero-order chi connectivity index (χ0) is 21.2. The molecule has 0 unspecified atom stereocenters. The van der Waals surface area contributed by atoms with E-state index in [0.717, 1.165) is 6.92 Å². The molecule has 20 heteroatoms. The van der Waals surface area contributed by atoms with E-state index in [4.69, 9.17) is 24.2 Å². The summed E-state index contributed by atoms with van der Waals surface area (Å²) >= 11 is 0. The van der Waals surface area contributed by atoms with Crippen LogP contribution in [0.25, 0.3) is 0 Å². The molecule has 0 amide bonds. The lowest BCUT2D eigenvalue weighted by molar-refractivity contribution is -0.528. The van der Waals surface area contributed by atoms with Gasteiger partial charge in [-0.3, -0.25) is 18.9 Å². The highest BCUT2D eigenvalue weighted by molar-refractivity contribution is 7.81. The summed E-state index contributed by atoms with van der Waals surface area (Å²) in [5.74, 6) is -1.67. The molecule has 0 aromatic rings. The van der Waals surface area contributed by atoms with E-state index in [1.807, 2.05) is 0 Å². The minimum absolute atomic E-state index is 0.925. The summed E-state index contributed by atoms with van der Waals surface area (Å²) in [6.07, 6.45) is -11.1. The van der Waals surface area contributed by atoms with E-state index in [9.17, 15) is 25.3 Å². The third-order valence-corrected chi connectivity index (χ3v) is 4.70. The molecule has 6 atom stereocenters. The molecule has 0 spiro atoms. The Labute approximate surface area is 151 Å². The monoisotopic (exact) mass is 466 g/mol. The van der Waals surface area contributed by atoms with E-state index >= 15 is 0 Å². The van der Waals surface area contributed by atoms with E-state index in [2.05, 4.69) is 27.4 Å². The summed E-state index contributed by atoms with van der Waals surface area (Å²) in [5.41, 5.74) is 0. The third kappa shape index (κ3) is 7.39. The SMILES string of the molecule is C[C@@H]1[C@@H](OS(=O)(=O)O)[C@H](OO)[C@@H](OOO)[C@H](OS(=O)(=O)O)[C@H]1OS(=O)(=O)O. The first-order valence-corrected chi connectivity index (χ1v) is 10.4. The topological polar surface area (TPSA) is 259 Å². The molecular weight excluding hydrogens is 452 g/mol. The molecule has 5 N–H and O–H groups in total. The molecule has 1 aliphatic carbocycles. The van der Waals surface area contributed by atoms with Gasteiger partial charge in [0.1, 0.15) is 18.3 Å². The van der Waals surface area contributed by atoms with E-state index < -0.39 is 67.6 Å². The van der Waals surface area contributed by atoms with Crippen molar-refractivity contribution in [3.8, 4) is 0 Å². The van der Waals surface area contributed by atoms with Gasteiger partial charge >= 0.3 is 31.2 Å². The molecule has 0 aromatic heterocycles. The Hall–Kier alpha value is -0.590. The van der Waals surface area contributed by atoms with Crippen LogP contribution in [-0.4, -0.2) is 79.9 Å². The van der Waals surface area contributed by atoms with Crippen LogP contribution in [0, 0.1) is 5.92 Å². The van der Waals surface area contributed by atoms with Crippen molar-refractivity contribution in [1.29, 1.82) is 0 Å². The van der Waals surface area contributed by atoms with Crippen LogP contribution >= 0.6 is 0 Å². The first-order valence-electron chi connectivity index (χ1n) is 6.34. The minimum Gasteiger partial charge on any atom is -0.264 e. The minimum atomic E-state index is -5.39. The highest BCUT2D eigenvalue weighted by Crippen LogP contribution is 2.37. The van der Waals surface area contributed by atoms with Gasteiger partial charge in [0.15, 0.2) is 12.2 Å². The van der Waals surface area contributed by atoms with Crippen LogP contribution in [0.3, 0.4) is 0 Å². The molecule has 0 radical (unpaired) electrons. The second-order valence-electron chi connectivity index (χ2n) is 5.03. The summed E-state index contributed by atoms with van der Waals surface area (Å²) in [5, 5.41) is 20.6. The fraction of sp³-hybridized carbons (Fsp3) is 1.00. The van der Waals surface area contributed by atoms with Gasteiger partial charge in [-0.15, -0.1) is 0 Å². The smallest absolute Gasteiger partial charge is 0.264 e. The number of hydrogen-bond donors (Lipinski definition) is 5. The maximum atomic E-state index is 11.0. The lowest BCUT2D eigenvalue weighted by atomic mass is 9.79. The molecule has 1 fully saturated rings. The van der Waals surface area contributed by atoms with Gasteiger partial charge in [0.2, 0.25) is 0 Å². The fourth-order valence-electron chi connectivity index (χ4n) is 2.44. The van der Waals surface area contributed by atoms with Crippen molar-refractivity contribution in [2.24, 2.45) is 5.92 Å². The average molecular weight is 466 g/mol. The lowest BCUT2D eigenvalue weighted by Gasteiger charge is -2.44. The normalized spacial score (nSPS) is 33.1. The van der Waals surface area contributed by atoms with Crippen molar-refractivity contribution < 1.29 is 76.8 Å². The molecule has 1 rings (SSSR count). The van der Waals surface area contributed by atoms with Crippen LogP contribution in [0.15, 0.2) is 0 Å². The summed E-state index contributed by atoms with van der Waals surface area (Å²) in [6.45, 7) is 0.925. The van der Waals surface area contributed by atoms with Crippen LogP contribution in [0.5, 0.6) is 0 Å². The second kappa shape index (κ2) is 8.83. The predicted molar refractivity (Wildman–Crippen MR) is 74.5 cm³/mol. The van der Waals surface area contributed by atoms with Crippen molar-refractivity contribution in [3.63, 3.8) is 0 Å². The van der Waals surface area contributed by atoms with Crippen LogP contribution in [-0.2, 0) is 58.6 Å². The molecule has 0 heterocycles. The van der Waals surface area contributed by atoms with Gasteiger partial charge in [0, 0.05) is 5.92 Å². The summed E-state index contributed by atoms with van der Waals surface area (Å²) in [7, 11) is -16.0. The van der Waals surface area contributed by atoms with Crippen molar-refractivity contribution in [2.45, 2.75) is 37.4 Å². The van der Waals surface area contributed by atoms with E-state index in [1.165, 1.54) is 0 Å². The van der Waals surface area contributed by atoms with Gasteiger partial charge in [-0.05, 0) is 0 Å². The van der Waals surface area contributed by atoms with Gasteiger partial charge in [-0.2, -0.15) is 30.1 Å². The summed E-state index contributed by atoms with van der Waals surface area (Å²) in [6, 6.07) is 0. The average Bonchev–Trinajstić information content (AvgIpc) is 2.44. The second-order valence-corrected chi connectivity index (χ2v) is 8.17. The van der Waals surface area contributed by atoms with Crippen molar-refractivity contribution in [2.75, 3.05) is 0 Å². The van der Waals surface area contributed by atoms with Crippen molar-refractivity contribution in [3.05, 3.63) is 0 Å². The third-order valence-electron chi connectivity index (χ3n) is 3.31. The molecule has 0 saturated heterocycles. The number of rotatable bonds is 9. The largest absolute Gasteiger partial charge is 0.397 e. The summed E-state index contributed by atoms with van der Waals surface area (Å²) in [4.78, 5) is 8.01. The number of hydrogen-bond acceptors (Lipinski definition) is 14. The molecule has 1 saturated carbocycles. The first-order chi connectivity index (χ1) is 12.1. The standard InChI is InChI=1S/C7H14O17S3/c1-2-3(21-25(10,11)12)5(19-8)6(20-24-9)7(23-27(16,17)18)4(2)22-26(13,14)15/h2-9H,1H3,(H,10,11,12)(H,13,14,15)(H,16,17,18)/t2-,3-,4+,5+,6-,7-/m1/s1. The van der Waals surface area contributed by atoms with Gasteiger partial charge < -0.3 is 0 Å². The Morgan fingerprint density at radius 3 is 1.33 bits per heavy atom. The molecule has 0 bridgehead atoms. The highest BCUT2D eigenvalue weighted by atomic mass is 32.3. The zero-order valence-corrected chi connectivity index (χ0v) is 15.3. The Morgan fingerprint density at radius 2 is 1.00 bits per heavy atom. The van der Waals surface area contributed by atoms with Gasteiger partial charge in [0.25, 0.3) is 0 Å².